The van der Waals surface area contributed by atoms with Crippen molar-refractivity contribution in [3.63, 3.8) is 0 Å². The van der Waals surface area contributed by atoms with Crippen LogP contribution in [0.4, 0.5) is 0 Å². The maximum atomic E-state index is 5.85. The summed E-state index contributed by atoms with van der Waals surface area (Å²) in [5, 5.41) is 26.9. The lowest BCUT2D eigenvalue weighted by Crippen LogP contribution is -2.03. The topological polar surface area (TPSA) is 98.1 Å². The molecule has 2 aromatic heterocycles. The van der Waals surface area contributed by atoms with Gasteiger partial charge < -0.3 is 0 Å². The Morgan fingerprint density at radius 1 is 1.10 bits per heavy atom. The zero-order valence-corrected chi connectivity index (χ0v) is 11.9. The van der Waals surface area contributed by atoms with Crippen LogP contribution in [0.1, 0.15) is 18.7 Å². The molecule has 3 rings (SSSR count). The van der Waals surface area contributed by atoms with Gasteiger partial charge in [0.1, 0.15) is 0 Å². The number of unbranched alkanes of at least 4 members (excludes halogenated alkanes) is 1. The first-order chi connectivity index (χ1) is 10.3. The van der Waals surface area contributed by atoms with Gasteiger partial charge in [-0.1, -0.05) is 16.8 Å². The van der Waals surface area contributed by atoms with E-state index in [4.69, 9.17) is 11.6 Å². The molecule has 9 heteroatoms. The van der Waals surface area contributed by atoms with Crippen LogP contribution in [0.25, 0.3) is 11.4 Å². The average Bonchev–Trinajstić information content (AvgIpc) is 3.16. The number of nitrogens with zero attached hydrogens (tertiary/aromatic N) is 7. The van der Waals surface area contributed by atoms with E-state index < -0.39 is 0 Å². The molecule has 2 heterocycles. The molecule has 0 saturated heterocycles. The van der Waals surface area contributed by atoms with Crippen molar-refractivity contribution in [2.75, 3.05) is 0 Å². The Balaban J connectivity index is 1.52. The largest absolute Gasteiger partial charge is 0.204 e. The highest BCUT2D eigenvalue weighted by Crippen LogP contribution is 2.16. The van der Waals surface area contributed by atoms with Crippen LogP contribution in [0.15, 0.2) is 24.3 Å². The third kappa shape index (κ3) is 3.60. The standard InChI is InChI=1S/C12H13ClN8/c13-10-6-4-9(5-7-10)12-16-20-21(17-12)8-2-1-3-11-14-18-19-15-11/h4-7H,1-3,8H2,(H,14,15,18,19). The van der Waals surface area contributed by atoms with Crippen molar-refractivity contribution in [1.82, 2.24) is 40.8 Å². The predicted molar refractivity (Wildman–Crippen MR) is 75.4 cm³/mol. The number of H-pyrrole nitrogens is 1. The van der Waals surface area contributed by atoms with Crippen molar-refractivity contribution in [2.45, 2.75) is 25.8 Å². The first-order valence-electron chi connectivity index (χ1n) is 6.57. The molecule has 0 bridgehead atoms. The monoisotopic (exact) mass is 304 g/mol. The van der Waals surface area contributed by atoms with E-state index in [-0.39, 0.29) is 0 Å². The lowest BCUT2D eigenvalue weighted by Gasteiger charge is -1.97. The van der Waals surface area contributed by atoms with E-state index in [2.05, 4.69) is 36.0 Å². The molecule has 0 aliphatic carbocycles. The van der Waals surface area contributed by atoms with Crippen LogP contribution in [0.3, 0.4) is 0 Å². The van der Waals surface area contributed by atoms with Gasteiger partial charge in [-0.25, -0.2) is 0 Å². The van der Waals surface area contributed by atoms with E-state index in [0.29, 0.717) is 17.4 Å². The van der Waals surface area contributed by atoms with E-state index in [1.807, 2.05) is 24.3 Å². The van der Waals surface area contributed by atoms with Crippen molar-refractivity contribution in [1.29, 1.82) is 0 Å². The Labute approximate surface area is 125 Å². The summed E-state index contributed by atoms with van der Waals surface area (Å²) in [5.41, 5.74) is 0.900. The van der Waals surface area contributed by atoms with Gasteiger partial charge in [0.2, 0.25) is 5.82 Å². The normalized spacial score (nSPS) is 10.9. The van der Waals surface area contributed by atoms with Crippen LogP contribution in [0.5, 0.6) is 0 Å². The number of nitrogens with one attached hydrogen (secondary N) is 1. The second-order valence-corrected chi connectivity index (χ2v) is 4.94. The minimum Gasteiger partial charge on any atom is -0.177 e. The molecule has 0 spiro atoms. The summed E-state index contributed by atoms with van der Waals surface area (Å²) in [6.45, 7) is 0.707. The molecular weight excluding hydrogens is 292 g/mol. The second kappa shape index (κ2) is 6.40. The SMILES string of the molecule is Clc1ccc(-c2nnn(CCCCc3nn[nH]n3)n2)cc1. The van der Waals surface area contributed by atoms with Gasteiger partial charge in [-0.05, 0) is 42.3 Å². The number of hydrogen-bond acceptors (Lipinski definition) is 6. The molecule has 1 N–H and O–H groups in total. The number of hydrogen-bond donors (Lipinski definition) is 1. The molecule has 0 atom stereocenters. The van der Waals surface area contributed by atoms with Crippen molar-refractivity contribution in [2.24, 2.45) is 0 Å². The van der Waals surface area contributed by atoms with Crippen molar-refractivity contribution >= 4 is 11.6 Å². The molecule has 0 aliphatic heterocycles. The molecule has 21 heavy (non-hydrogen) atoms. The highest BCUT2D eigenvalue weighted by atomic mass is 35.5. The van der Waals surface area contributed by atoms with Gasteiger partial charge in [-0.3, -0.25) is 0 Å². The van der Waals surface area contributed by atoms with Gasteiger partial charge in [-0.2, -0.15) is 10.0 Å². The summed E-state index contributed by atoms with van der Waals surface area (Å²) in [6.07, 6.45) is 2.65. The Kier molecular flexibility index (Phi) is 4.15. The number of tetrazole rings is 2. The highest BCUT2D eigenvalue weighted by Gasteiger charge is 2.06. The lowest BCUT2D eigenvalue weighted by atomic mass is 10.2. The Morgan fingerprint density at radius 3 is 2.71 bits per heavy atom. The molecule has 0 saturated carbocycles. The van der Waals surface area contributed by atoms with Crippen LogP contribution >= 0.6 is 11.6 Å². The molecule has 0 radical (unpaired) electrons. The molecule has 0 unspecified atom stereocenters. The van der Waals surface area contributed by atoms with E-state index >= 15 is 0 Å². The number of rotatable bonds is 6. The smallest absolute Gasteiger partial charge is 0.177 e. The van der Waals surface area contributed by atoms with Gasteiger partial charge in [0.25, 0.3) is 0 Å². The molecular formula is C12H13ClN8. The first-order valence-corrected chi connectivity index (χ1v) is 6.95. The zero-order valence-electron chi connectivity index (χ0n) is 11.1. The summed E-state index contributed by atoms with van der Waals surface area (Å²) in [4.78, 5) is 1.60. The Morgan fingerprint density at radius 2 is 1.95 bits per heavy atom. The van der Waals surface area contributed by atoms with Gasteiger partial charge in [-0.15, -0.1) is 20.4 Å². The van der Waals surface area contributed by atoms with Crippen LogP contribution in [0, 0.1) is 0 Å². The van der Waals surface area contributed by atoms with E-state index in [9.17, 15) is 0 Å². The van der Waals surface area contributed by atoms with Crippen molar-refractivity contribution in [3.05, 3.63) is 35.1 Å². The highest BCUT2D eigenvalue weighted by molar-refractivity contribution is 6.30. The predicted octanol–water partition coefficient (Wildman–Crippen LogP) is 1.53. The van der Waals surface area contributed by atoms with Crippen LogP contribution in [-0.4, -0.2) is 40.8 Å². The van der Waals surface area contributed by atoms with Gasteiger partial charge >= 0.3 is 0 Å². The summed E-state index contributed by atoms with van der Waals surface area (Å²) in [7, 11) is 0. The van der Waals surface area contributed by atoms with E-state index in [1.54, 1.807) is 4.80 Å². The molecule has 0 aliphatic rings. The number of halogens is 1. The third-order valence-corrected chi connectivity index (χ3v) is 3.20. The van der Waals surface area contributed by atoms with E-state index in [1.165, 1.54) is 0 Å². The van der Waals surface area contributed by atoms with Crippen LogP contribution in [0.2, 0.25) is 5.02 Å². The fourth-order valence-corrected chi connectivity index (χ4v) is 2.00. The lowest BCUT2D eigenvalue weighted by molar-refractivity contribution is 0.486. The minimum absolute atomic E-state index is 0.602. The zero-order chi connectivity index (χ0) is 14.5. The summed E-state index contributed by atoms with van der Waals surface area (Å²) in [6, 6.07) is 7.37. The molecule has 108 valence electrons. The Hall–Kier alpha value is -2.35. The number of aromatic nitrogens is 8. The van der Waals surface area contributed by atoms with Crippen molar-refractivity contribution < 1.29 is 0 Å². The van der Waals surface area contributed by atoms with Crippen LogP contribution < -0.4 is 0 Å². The third-order valence-electron chi connectivity index (χ3n) is 2.95. The van der Waals surface area contributed by atoms with Crippen molar-refractivity contribution in [3.8, 4) is 11.4 Å². The van der Waals surface area contributed by atoms with Crippen LogP contribution in [-0.2, 0) is 13.0 Å². The fourth-order valence-electron chi connectivity index (χ4n) is 1.88. The Bertz CT molecular complexity index is 676. The molecule has 8 nitrogen and oxygen atoms in total. The van der Waals surface area contributed by atoms with E-state index in [0.717, 1.165) is 30.7 Å². The number of benzene rings is 1. The minimum atomic E-state index is 0.602. The molecule has 0 amide bonds. The van der Waals surface area contributed by atoms with Gasteiger partial charge in [0, 0.05) is 17.0 Å². The quantitative estimate of drug-likeness (QED) is 0.693. The number of aryl methyl sites for hydroxylation is 2. The molecule has 3 aromatic rings. The summed E-state index contributed by atoms with van der Waals surface area (Å²) in [5.74, 6) is 1.33. The van der Waals surface area contributed by atoms with Gasteiger partial charge in [0.15, 0.2) is 5.82 Å². The maximum absolute atomic E-state index is 5.85. The summed E-state index contributed by atoms with van der Waals surface area (Å²) < 4.78 is 0. The molecule has 0 fully saturated rings. The summed E-state index contributed by atoms with van der Waals surface area (Å²) >= 11 is 5.85. The molecule has 1 aromatic carbocycles. The fraction of sp³-hybridized carbons (Fsp3) is 0.333. The second-order valence-electron chi connectivity index (χ2n) is 4.50. The average molecular weight is 305 g/mol. The van der Waals surface area contributed by atoms with Gasteiger partial charge in [0.05, 0.1) is 6.54 Å². The maximum Gasteiger partial charge on any atom is 0.204 e. The first kappa shape index (κ1) is 13.6. The number of aromatic amines is 1.